The van der Waals surface area contributed by atoms with Gasteiger partial charge in [-0.1, -0.05) is 48.2 Å². The standard InChI is InChI=1S/C22H26N2O/c1-22(2,3)15-9-6-10-16-24(4)17-20-18-25-21(23-20)14-13-19-11-7-5-8-12-19/h5-8,10-14,18H,16-17H2,1-4H3. The van der Waals surface area contributed by atoms with Crippen molar-refractivity contribution in [1.29, 1.82) is 0 Å². The number of likely N-dealkylation sites (N-methyl/N-ethyl adjacent to an activating group) is 1. The first kappa shape index (κ1) is 18.8. The van der Waals surface area contributed by atoms with Crippen molar-refractivity contribution >= 4 is 12.2 Å². The Morgan fingerprint density at radius 1 is 1.16 bits per heavy atom. The van der Waals surface area contributed by atoms with Crippen LogP contribution < -0.4 is 0 Å². The summed E-state index contributed by atoms with van der Waals surface area (Å²) in [6.07, 6.45) is 9.58. The Morgan fingerprint density at radius 3 is 2.64 bits per heavy atom. The molecular weight excluding hydrogens is 308 g/mol. The van der Waals surface area contributed by atoms with Gasteiger partial charge in [0.1, 0.15) is 6.26 Å². The van der Waals surface area contributed by atoms with Crippen LogP contribution in [0, 0.1) is 17.3 Å². The summed E-state index contributed by atoms with van der Waals surface area (Å²) < 4.78 is 5.50. The van der Waals surface area contributed by atoms with E-state index in [1.807, 2.05) is 48.6 Å². The van der Waals surface area contributed by atoms with Gasteiger partial charge in [0.05, 0.1) is 5.69 Å². The smallest absolute Gasteiger partial charge is 0.218 e. The maximum absolute atomic E-state index is 5.50. The van der Waals surface area contributed by atoms with Crippen LogP contribution in [0.15, 0.2) is 53.2 Å². The molecule has 130 valence electrons. The van der Waals surface area contributed by atoms with Crippen LogP contribution in [-0.4, -0.2) is 23.5 Å². The highest BCUT2D eigenvalue weighted by molar-refractivity contribution is 5.65. The van der Waals surface area contributed by atoms with Crippen LogP contribution in [-0.2, 0) is 6.54 Å². The minimum Gasteiger partial charge on any atom is -0.445 e. The van der Waals surface area contributed by atoms with Gasteiger partial charge in [-0.15, -0.1) is 0 Å². The summed E-state index contributed by atoms with van der Waals surface area (Å²) in [5.41, 5.74) is 2.09. The lowest BCUT2D eigenvalue weighted by Crippen LogP contribution is -2.17. The summed E-state index contributed by atoms with van der Waals surface area (Å²) in [5.74, 6) is 6.89. The third kappa shape index (κ3) is 7.69. The van der Waals surface area contributed by atoms with Crippen LogP contribution in [0.3, 0.4) is 0 Å². The lowest BCUT2D eigenvalue weighted by atomic mass is 9.98. The maximum atomic E-state index is 5.50. The monoisotopic (exact) mass is 334 g/mol. The molecule has 25 heavy (non-hydrogen) atoms. The molecule has 0 aliphatic heterocycles. The fraction of sp³-hybridized carbons (Fsp3) is 0.318. The fourth-order valence-electron chi connectivity index (χ4n) is 2.09. The summed E-state index contributed by atoms with van der Waals surface area (Å²) in [6.45, 7) is 7.87. The fourth-order valence-corrected chi connectivity index (χ4v) is 2.09. The van der Waals surface area contributed by atoms with E-state index in [0.717, 1.165) is 24.3 Å². The van der Waals surface area contributed by atoms with Crippen LogP contribution in [0.5, 0.6) is 0 Å². The number of oxazole rings is 1. The molecule has 0 spiro atoms. The third-order valence-corrected chi connectivity index (χ3v) is 3.28. The normalized spacial score (nSPS) is 12.0. The topological polar surface area (TPSA) is 29.3 Å². The molecule has 0 fully saturated rings. The first-order valence-corrected chi connectivity index (χ1v) is 8.46. The van der Waals surface area contributed by atoms with E-state index in [1.165, 1.54) is 0 Å². The maximum Gasteiger partial charge on any atom is 0.218 e. The minimum absolute atomic E-state index is 0.0423. The van der Waals surface area contributed by atoms with Gasteiger partial charge in [0, 0.05) is 24.6 Å². The molecule has 0 amide bonds. The van der Waals surface area contributed by atoms with Crippen LogP contribution in [0.1, 0.15) is 37.9 Å². The van der Waals surface area contributed by atoms with Gasteiger partial charge in [0.15, 0.2) is 0 Å². The first-order valence-electron chi connectivity index (χ1n) is 8.46. The van der Waals surface area contributed by atoms with E-state index in [4.69, 9.17) is 4.42 Å². The lowest BCUT2D eigenvalue weighted by molar-refractivity contribution is 0.358. The average Bonchev–Trinajstić information content (AvgIpc) is 3.00. The van der Waals surface area contributed by atoms with E-state index >= 15 is 0 Å². The van der Waals surface area contributed by atoms with Gasteiger partial charge in [-0.3, -0.25) is 4.90 Å². The first-order chi connectivity index (χ1) is 11.9. The summed E-state index contributed by atoms with van der Waals surface area (Å²) in [7, 11) is 2.05. The van der Waals surface area contributed by atoms with Crippen molar-refractivity contribution in [2.24, 2.45) is 5.41 Å². The Bertz CT molecular complexity index is 768. The van der Waals surface area contributed by atoms with Crippen molar-refractivity contribution in [3.8, 4) is 11.8 Å². The molecule has 0 saturated heterocycles. The number of aromatic nitrogens is 1. The van der Waals surface area contributed by atoms with Gasteiger partial charge < -0.3 is 4.42 Å². The molecule has 0 aliphatic rings. The van der Waals surface area contributed by atoms with E-state index in [2.05, 4.69) is 55.6 Å². The van der Waals surface area contributed by atoms with Gasteiger partial charge in [-0.05, 0) is 45.5 Å². The highest BCUT2D eigenvalue weighted by Crippen LogP contribution is 2.10. The van der Waals surface area contributed by atoms with Crippen molar-refractivity contribution in [3.05, 3.63) is 65.9 Å². The van der Waals surface area contributed by atoms with Crippen molar-refractivity contribution < 1.29 is 4.42 Å². The number of allylic oxidation sites excluding steroid dienone is 1. The number of rotatable bonds is 6. The largest absolute Gasteiger partial charge is 0.445 e. The predicted octanol–water partition coefficient (Wildman–Crippen LogP) is 4.88. The molecule has 0 unspecified atom stereocenters. The molecule has 0 atom stereocenters. The van der Waals surface area contributed by atoms with Crippen LogP contribution >= 0.6 is 0 Å². The van der Waals surface area contributed by atoms with Gasteiger partial charge in [0.25, 0.3) is 0 Å². The average molecular weight is 334 g/mol. The molecule has 0 N–H and O–H groups in total. The van der Waals surface area contributed by atoms with Crippen LogP contribution in [0.2, 0.25) is 0 Å². The summed E-state index contributed by atoms with van der Waals surface area (Å²) in [5, 5.41) is 0. The van der Waals surface area contributed by atoms with E-state index in [-0.39, 0.29) is 5.41 Å². The molecule has 1 aromatic carbocycles. The molecule has 0 bridgehead atoms. The molecule has 0 saturated carbocycles. The van der Waals surface area contributed by atoms with Gasteiger partial charge >= 0.3 is 0 Å². The van der Waals surface area contributed by atoms with E-state index in [1.54, 1.807) is 6.26 Å². The zero-order chi connectivity index (χ0) is 18.1. The molecule has 1 aromatic heterocycles. The molecule has 0 radical (unpaired) electrons. The Morgan fingerprint density at radius 2 is 1.92 bits per heavy atom. The zero-order valence-corrected chi connectivity index (χ0v) is 15.5. The number of nitrogens with zero attached hydrogens (tertiary/aromatic N) is 2. The Balaban J connectivity index is 1.83. The van der Waals surface area contributed by atoms with E-state index in [0.29, 0.717) is 5.89 Å². The molecule has 1 heterocycles. The zero-order valence-electron chi connectivity index (χ0n) is 15.5. The predicted molar refractivity (Wildman–Crippen MR) is 105 cm³/mol. The van der Waals surface area contributed by atoms with Crippen molar-refractivity contribution in [1.82, 2.24) is 9.88 Å². The number of benzene rings is 1. The second kappa shape index (κ2) is 9.05. The SMILES string of the molecule is CN(CC=CC#CC(C)(C)C)Cc1coc(C=Cc2ccccc2)n1. The lowest BCUT2D eigenvalue weighted by Gasteiger charge is -2.11. The highest BCUT2D eigenvalue weighted by atomic mass is 16.3. The van der Waals surface area contributed by atoms with E-state index < -0.39 is 0 Å². The molecule has 2 rings (SSSR count). The summed E-state index contributed by atoms with van der Waals surface area (Å²) >= 11 is 0. The van der Waals surface area contributed by atoms with Gasteiger partial charge in [-0.25, -0.2) is 4.98 Å². The molecule has 2 aromatic rings. The minimum atomic E-state index is 0.0423. The molecule has 3 heteroatoms. The van der Waals surface area contributed by atoms with Gasteiger partial charge in [0.2, 0.25) is 5.89 Å². The molecular formula is C22H26N2O. The van der Waals surface area contributed by atoms with Crippen LogP contribution in [0.25, 0.3) is 12.2 Å². The number of hydrogen-bond acceptors (Lipinski definition) is 3. The van der Waals surface area contributed by atoms with Crippen molar-refractivity contribution in [2.75, 3.05) is 13.6 Å². The summed E-state index contributed by atoms with van der Waals surface area (Å²) in [4.78, 5) is 6.66. The van der Waals surface area contributed by atoms with Crippen LogP contribution in [0.4, 0.5) is 0 Å². The Kier molecular flexibility index (Phi) is 6.80. The van der Waals surface area contributed by atoms with E-state index in [9.17, 15) is 0 Å². The quantitative estimate of drug-likeness (QED) is 0.705. The summed E-state index contributed by atoms with van der Waals surface area (Å²) in [6, 6.07) is 10.1. The van der Waals surface area contributed by atoms with Gasteiger partial charge in [-0.2, -0.15) is 0 Å². The molecule has 0 aliphatic carbocycles. The Hall–Kier alpha value is -2.57. The second-order valence-corrected chi connectivity index (χ2v) is 7.04. The highest BCUT2D eigenvalue weighted by Gasteiger charge is 2.04. The van der Waals surface area contributed by atoms with Crippen molar-refractivity contribution in [3.63, 3.8) is 0 Å². The Labute approximate surface area is 151 Å². The molecule has 3 nitrogen and oxygen atoms in total. The third-order valence-electron chi connectivity index (χ3n) is 3.28. The van der Waals surface area contributed by atoms with Crippen molar-refractivity contribution in [2.45, 2.75) is 27.3 Å². The second-order valence-electron chi connectivity index (χ2n) is 7.04. The number of hydrogen-bond donors (Lipinski definition) is 0.